The number of hydrogen-bond donors (Lipinski definition) is 0. The van der Waals surface area contributed by atoms with Gasteiger partial charge in [0.1, 0.15) is 0 Å². The first-order chi connectivity index (χ1) is 5.74. The van der Waals surface area contributed by atoms with Crippen molar-refractivity contribution in [2.24, 2.45) is 17.8 Å². The average Bonchev–Trinajstić information content (AvgIpc) is 2.68. The minimum absolute atomic E-state index is 0.937. The van der Waals surface area contributed by atoms with E-state index < -0.39 is 0 Å². The van der Waals surface area contributed by atoms with E-state index in [1.54, 1.807) is 0 Å². The van der Waals surface area contributed by atoms with Crippen LogP contribution in [0.2, 0.25) is 0 Å². The van der Waals surface area contributed by atoms with Crippen LogP contribution in [0, 0.1) is 17.8 Å². The van der Waals surface area contributed by atoms with Gasteiger partial charge in [-0.1, -0.05) is 13.8 Å². The first kappa shape index (κ1) is 8.55. The topological polar surface area (TPSA) is 3.24 Å². The van der Waals surface area contributed by atoms with E-state index in [1.807, 2.05) is 0 Å². The van der Waals surface area contributed by atoms with Crippen LogP contribution in [0.5, 0.6) is 0 Å². The molecule has 0 radical (unpaired) electrons. The van der Waals surface area contributed by atoms with Crippen molar-refractivity contribution < 1.29 is 0 Å². The van der Waals surface area contributed by atoms with Gasteiger partial charge in [-0.05, 0) is 37.0 Å². The maximum atomic E-state index is 2.69. The van der Waals surface area contributed by atoms with Crippen molar-refractivity contribution in [2.75, 3.05) is 19.6 Å². The molecule has 1 saturated carbocycles. The standard InChI is InChI=1S/C11H21N/c1-9-5-10(2)7-12(6-9)8-11-3-4-11/h9-11H,3-8H2,1-2H3/t9-,10+. The average molecular weight is 167 g/mol. The lowest BCUT2D eigenvalue weighted by Gasteiger charge is -2.34. The summed E-state index contributed by atoms with van der Waals surface area (Å²) in [5.74, 6) is 2.95. The molecule has 2 atom stereocenters. The van der Waals surface area contributed by atoms with Crippen molar-refractivity contribution in [3.8, 4) is 0 Å². The van der Waals surface area contributed by atoms with Crippen molar-refractivity contribution in [2.45, 2.75) is 33.1 Å². The number of likely N-dealkylation sites (tertiary alicyclic amines) is 1. The molecule has 2 aliphatic rings. The maximum Gasteiger partial charge on any atom is 0.000989 e. The Morgan fingerprint density at radius 1 is 1.08 bits per heavy atom. The highest BCUT2D eigenvalue weighted by Crippen LogP contribution is 2.31. The molecule has 70 valence electrons. The highest BCUT2D eigenvalue weighted by molar-refractivity contribution is 4.81. The van der Waals surface area contributed by atoms with Crippen molar-refractivity contribution in [3.05, 3.63) is 0 Å². The summed E-state index contributed by atoms with van der Waals surface area (Å²) in [5.41, 5.74) is 0. The van der Waals surface area contributed by atoms with E-state index in [0.717, 1.165) is 17.8 Å². The highest BCUT2D eigenvalue weighted by atomic mass is 15.1. The lowest BCUT2D eigenvalue weighted by molar-refractivity contribution is 0.136. The second-order valence-corrected chi connectivity index (χ2v) is 5.11. The monoisotopic (exact) mass is 167 g/mol. The second-order valence-electron chi connectivity index (χ2n) is 5.11. The van der Waals surface area contributed by atoms with Crippen LogP contribution in [-0.2, 0) is 0 Å². The molecule has 0 N–H and O–H groups in total. The van der Waals surface area contributed by atoms with Gasteiger partial charge in [-0.2, -0.15) is 0 Å². The molecular formula is C11H21N. The summed E-state index contributed by atoms with van der Waals surface area (Å²) in [4.78, 5) is 2.69. The van der Waals surface area contributed by atoms with Crippen LogP contribution in [0.3, 0.4) is 0 Å². The fraction of sp³-hybridized carbons (Fsp3) is 1.00. The molecule has 0 aromatic heterocycles. The molecule has 1 heteroatoms. The van der Waals surface area contributed by atoms with E-state index in [0.29, 0.717) is 0 Å². The van der Waals surface area contributed by atoms with Crippen molar-refractivity contribution in [3.63, 3.8) is 0 Å². The molecule has 0 amide bonds. The summed E-state index contributed by atoms with van der Waals surface area (Å²) in [6.45, 7) is 8.92. The summed E-state index contributed by atoms with van der Waals surface area (Å²) in [7, 11) is 0. The Balaban J connectivity index is 1.79. The van der Waals surface area contributed by atoms with Crippen LogP contribution >= 0.6 is 0 Å². The van der Waals surface area contributed by atoms with E-state index in [2.05, 4.69) is 18.7 Å². The molecule has 1 aliphatic heterocycles. The van der Waals surface area contributed by atoms with Gasteiger partial charge in [0.05, 0.1) is 0 Å². The van der Waals surface area contributed by atoms with E-state index in [9.17, 15) is 0 Å². The van der Waals surface area contributed by atoms with Gasteiger partial charge < -0.3 is 4.90 Å². The summed E-state index contributed by atoms with van der Waals surface area (Å²) < 4.78 is 0. The van der Waals surface area contributed by atoms with Crippen LogP contribution in [0.15, 0.2) is 0 Å². The Kier molecular flexibility index (Phi) is 2.40. The molecule has 2 rings (SSSR count). The third-order valence-electron chi connectivity index (χ3n) is 3.16. The Morgan fingerprint density at radius 3 is 2.17 bits per heavy atom. The predicted molar refractivity (Wildman–Crippen MR) is 52.1 cm³/mol. The molecule has 0 unspecified atom stereocenters. The van der Waals surface area contributed by atoms with E-state index in [4.69, 9.17) is 0 Å². The van der Waals surface area contributed by atoms with Gasteiger partial charge in [0, 0.05) is 19.6 Å². The molecular weight excluding hydrogens is 146 g/mol. The third kappa shape index (κ3) is 2.22. The number of piperidine rings is 1. The van der Waals surface area contributed by atoms with Crippen LogP contribution in [0.4, 0.5) is 0 Å². The Hall–Kier alpha value is -0.0400. The first-order valence-corrected chi connectivity index (χ1v) is 5.46. The molecule has 1 aliphatic carbocycles. The third-order valence-corrected chi connectivity index (χ3v) is 3.16. The van der Waals surface area contributed by atoms with Crippen molar-refractivity contribution in [1.82, 2.24) is 4.90 Å². The highest BCUT2D eigenvalue weighted by Gasteiger charge is 2.28. The lowest BCUT2D eigenvalue weighted by Crippen LogP contribution is -2.39. The molecule has 0 bridgehead atoms. The minimum Gasteiger partial charge on any atom is -0.303 e. The SMILES string of the molecule is C[C@@H]1C[C@H](C)CN(CC2CC2)C1. The zero-order valence-electron chi connectivity index (χ0n) is 8.42. The number of rotatable bonds is 2. The largest absolute Gasteiger partial charge is 0.303 e. The molecule has 1 saturated heterocycles. The van der Waals surface area contributed by atoms with Crippen molar-refractivity contribution >= 4 is 0 Å². The summed E-state index contributed by atoms with van der Waals surface area (Å²) >= 11 is 0. The zero-order chi connectivity index (χ0) is 8.55. The van der Waals surface area contributed by atoms with Gasteiger partial charge in [-0.15, -0.1) is 0 Å². The maximum absolute atomic E-state index is 2.69. The van der Waals surface area contributed by atoms with Crippen LogP contribution in [0.1, 0.15) is 33.1 Å². The van der Waals surface area contributed by atoms with Gasteiger partial charge in [-0.25, -0.2) is 0 Å². The van der Waals surface area contributed by atoms with Gasteiger partial charge in [0.2, 0.25) is 0 Å². The summed E-state index contributed by atoms with van der Waals surface area (Å²) in [6, 6.07) is 0. The molecule has 1 nitrogen and oxygen atoms in total. The van der Waals surface area contributed by atoms with Crippen LogP contribution < -0.4 is 0 Å². The molecule has 1 heterocycles. The number of nitrogens with zero attached hydrogens (tertiary/aromatic N) is 1. The normalized spacial score (nSPS) is 38.5. The minimum atomic E-state index is 0.937. The zero-order valence-corrected chi connectivity index (χ0v) is 8.42. The lowest BCUT2D eigenvalue weighted by atomic mass is 9.92. The van der Waals surface area contributed by atoms with Gasteiger partial charge in [0.25, 0.3) is 0 Å². The van der Waals surface area contributed by atoms with Crippen molar-refractivity contribution in [1.29, 1.82) is 0 Å². The Bertz CT molecular complexity index is 138. The predicted octanol–water partition coefficient (Wildman–Crippen LogP) is 2.37. The van der Waals surface area contributed by atoms with Crippen LogP contribution in [0.25, 0.3) is 0 Å². The molecule has 2 fully saturated rings. The Labute approximate surface area is 76.1 Å². The summed E-state index contributed by atoms with van der Waals surface area (Å²) in [6.07, 6.45) is 4.44. The van der Waals surface area contributed by atoms with Crippen LogP contribution in [-0.4, -0.2) is 24.5 Å². The summed E-state index contributed by atoms with van der Waals surface area (Å²) in [5, 5.41) is 0. The molecule has 0 aromatic rings. The fourth-order valence-corrected chi connectivity index (χ4v) is 2.61. The second kappa shape index (κ2) is 3.37. The Morgan fingerprint density at radius 2 is 1.67 bits per heavy atom. The van der Waals surface area contributed by atoms with E-state index in [-0.39, 0.29) is 0 Å². The number of hydrogen-bond acceptors (Lipinski definition) is 1. The van der Waals surface area contributed by atoms with Gasteiger partial charge in [0.15, 0.2) is 0 Å². The quantitative estimate of drug-likeness (QED) is 0.610. The molecule has 0 spiro atoms. The van der Waals surface area contributed by atoms with Gasteiger partial charge in [-0.3, -0.25) is 0 Å². The fourth-order valence-electron chi connectivity index (χ4n) is 2.61. The first-order valence-electron chi connectivity index (χ1n) is 5.46. The van der Waals surface area contributed by atoms with E-state index in [1.165, 1.54) is 38.9 Å². The molecule has 0 aromatic carbocycles. The smallest absolute Gasteiger partial charge is 0.000989 e. The molecule has 12 heavy (non-hydrogen) atoms. The van der Waals surface area contributed by atoms with Gasteiger partial charge >= 0.3 is 0 Å². The van der Waals surface area contributed by atoms with E-state index >= 15 is 0 Å².